The molecule has 0 aliphatic carbocycles. The van der Waals surface area contributed by atoms with Gasteiger partial charge in [-0.2, -0.15) is 13.2 Å². The molecule has 1 fully saturated rings. The molecule has 1 unspecified atom stereocenters. The first-order valence-corrected chi connectivity index (χ1v) is 6.91. The molecule has 1 saturated heterocycles. The van der Waals surface area contributed by atoms with Crippen molar-refractivity contribution in [2.45, 2.75) is 19.6 Å². The van der Waals surface area contributed by atoms with Crippen molar-refractivity contribution >= 4 is 5.97 Å². The van der Waals surface area contributed by atoms with Crippen LogP contribution in [-0.4, -0.2) is 36.7 Å². The van der Waals surface area contributed by atoms with Crippen LogP contribution in [-0.2, 0) is 16.1 Å². The fourth-order valence-electron chi connectivity index (χ4n) is 2.68. The molecule has 1 heterocycles. The number of esters is 1. The molecule has 0 spiro atoms. The van der Waals surface area contributed by atoms with E-state index in [1.807, 2.05) is 30.3 Å². The van der Waals surface area contributed by atoms with Gasteiger partial charge in [-0.15, -0.1) is 0 Å². The smallest absolute Gasteiger partial charge is 0.393 e. The molecule has 1 aliphatic heterocycles. The summed E-state index contributed by atoms with van der Waals surface area (Å²) in [5.41, 5.74) is 0.933. The van der Waals surface area contributed by atoms with Crippen LogP contribution in [0.25, 0.3) is 0 Å². The zero-order valence-electron chi connectivity index (χ0n) is 11.8. The van der Waals surface area contributed by atoms with Crippen LogP contribution in [0, 0.1) is 11.8 Å². The summed E-state index contributed by atoms with van der Waals surface area (Å²) in [4.78, 5) is 13.4. The first-order valence-electron chi connectivity index (χ1n) is 6.91. The summed E-state index contributed by atoms with van der Waals surface area (Å²) in [6.45, 7) is 2.01. The van der Waals surface area contributed by atoms with Crippen LogP contribution in [0.4, 0.5) is 13.2 Å². The maximum Gasteiger partial charge on any atom is 0.393 e. The molecule has 21 heavy (non-hydrogen) atoms. The standard InChI is InChI=1S/C15H18F3NO2/c1-2-21-14(20)12-9-19(10-13(12)15(16,17)18)8-11-6-4-3-5-7-11/h3-7,12-13H,2,8-10H2,1H3/t12-,13?/m1/s1. The average molecular weight is 301 g/mol. The van der Waals surface area contributed by atoms with Crippen molar-refractivity contribution in [2.75, 3.05) is 19.7 Å². The summed E-state index contributed by atoms with van der Waals surface area (Å²) in [7, 11) is 0. The van der Waals surface area contributed by atoms with Crippen LogP contribution in [0.5, 0.6) is 0 Å². The molecule has 0 saturated carbocycles. The Balaban J connectivity index is 2.08. The highest BCUT2D eigenvalue weighted by atomic mass is 19.4. The number of ether oxygens (including phenoxy) is 1. The van der Waals surface area contributed by atoms with Crippen molar-refractivity contribution < 1.29 is 22.7 Å². The van der Waals surface area contributed by atoms with Crippen LogP contribution < -0.4 is 0 Å². The quantitative estimate of drug-likeness (QED) is 0.801. The van der Waals surface area contributed by atoms with Crippen LogP contribution in [0.3, 0.4) is 0 Å². The van der Waals surface area contributed by atoms with Gasteiger partial charge in [-0.3, -0.25) is 9.69 Å². The summed E-state index contributed by atoms with van der Waals surface area (Å²) >= 11 is 0. The van der Waals surface area contributed by atoms with Crippen molar-refractivity contribution in [3.05, 3.63) is 35.9 Å². The van der Waals surface area contributed by atoms with Crippen LogP contribution >= 0.6 is 0 Å². The van der Waals surface area contributed by atoms with E-state index in [9.17, 15) is 18.0 Å². The molecule has 2 atom stereocenters. The largest absolute Gasteiger partial charge is 0.466 e. The zero-order chi connectivity index (χ0) is 15.5. The Morgan fingerprint density at radius 2 is 1.95 bits per heavy atom. The van der Waals surface area contributed by atoms with E-state index < -0.39 is 24.0 Å². The first kappa shape index (κ1) is 15.8. The molecule has 1 aromatic carbocycles. The summed E-state index contributed by atoms with van der Waals surface area (Å²) in [5.74, 6) is -3.54. The zero-order valence-corrected chi connectivity index (χ0v) is 11.8. The second kappa shape index (κ2) is 6.47. The van der Waals surface area contributed by atoms with Crippen molar-refractivity contribution in [1.82, 2.24) is 4.90 Å². The molecule has 0 N–H and O–H groups in total. The van der Waals surface area contributed by atoms with Crippen LogP contribution in [0.2, 0.25) is 0 Å². The summed E-state index contributed by atoms with van der Waals surface area (Å²) in [6, 6.07) is 9.26. The van der Waals surface area contributed by atoms with E-state index in [0.717, 1.165) is 5.56 Å². The lowest BCUT2D eigenvalue weighted by Crippen LogP contribution is -2.34. The second-order valence-corrected chi connectivity index (χ2v) is 5.19. The van der Waals surface area contributed by atoms with Gasteiger partial charge >= 0.3 is 12.1 Å². The van der Waals surface area contributed by atoms with Crippen molar-refractivity contribution in [1.29, 1.82) is 0 Å². The second-order valence-electron chi connectivity index (χ2n) is 5.19. The summed E-state index contributed by atoms with van der Waals surface area (Å²) in [5, 5.41) is 0. The Bertz CT molecular complexity index is 476. The van der Waals surface area contributed by atoms with Gasteiger partial charge in [0.05, 0.1) is 18.4 Å². The third-order valence-electron chi connectivity index (χ3n) is 3.65. The molecule has 0 radical (unpaired) electrons. The number of halogens is 3. The number of benzene rings is 1. The third-order valence-corrected chi connectivity index (χ3v) is 3.65. The molecule has 0 bridgehead atoms. The minimum absolute atomic E-state index is 0.0813. The lowest BCUT2D eigenvalue weighted by atomic mass is 9.96. The van der Waals surface area contributed by atoms with Gasteiger partial charge in [0.25, 0.3) is 0 Å². The summed E-state index contributed by atoms with van der Waals surface area (Å²) in [6.07, 6.45) is -4.39. The SMILES string of the molecule is CCOC(=O)[C@@H]1CN(Cc2ccccc2)CC1C(F)(F)F. The van der Waals surface area contributed by atoms with E-state index in [1.54, 1.807) is 11.8 Å². The fraction of sp³-hybridized carbons (Fsp3) is 0.533. The number of carbonyl (C=O) groups excluding carboxylic acids is 1. The number of rotatable bonds is 4. The van der Waals surface area contributed by atoms with Gasteiger partial charge in [0.15, 0.2) is 0 Å². The topological polar surface area (TPSA) is 29.5 Å². The van der Waals surface area contributed by atoms with Gasteiger partial charge < -0.3 is 4.74 Å². The van der Waals surface area contributed by atoms with E-state index in [0.29, 0.717) is 6.54 Å². The average Bonchev–Trinajstić information content (AvgIpc) is 2.84. The highest BCUT2D eigenvalue weighted by molar-refractivity contribution is 5.73. The van der Waals surface area contributed by atoms with Gasteiger partial charge in [-0.25, -0.2) is 0 Å². The number of hydrogen-bond acceptors (Lipinski definition) is 3. The molecule has 0 amide bonds. The maximum absolute atomic E-state index is 13.1. The van der Waals surface area contributed by atoms with E-state index in [1.165, 1.54) is 0 Å². The highest BCUT2D eigenvalue weighted by Crippen LogP contribution is 2.38. The van der Waals surface area contributed by atoms with E-state index in [4.69, 9.17) is 4.74 Å². The number of hydrogen-bond donors (Lipinski definition) is 0. The number of nitrogens with zero attached hydrogens (tertiary/aromatic N) is 1. The number of likely N-dealkylation sites (tertiary alicyclic amines) is 1. The van der Waals surface area contributed by atoms with Crippen LogP contribution in [0.15, 0.2) is 30.3 Å². The Labute approximate surface area is 121 Å². The normalized spacial score (nSPS) is 23.2. The lowest BCUT2D eigenvalue weighted by molar-refractivity contribution is -0.190. The van der Waals surface area contributed by atoms with Gasteiger partial charge in [-0.1, -0.05) is 30.3 Å². The lowest BCUT2D eigenvalue weighted by Gasteiger charge is -2.19. The Kier molecular flexibility index (Phi) is 4.88. The van der Waals surface area contributed by atoms with Gasteiger partial charge in [0.1, 0.15) is 0 Å². The molecular formula is C15H18F3NO2. The van der Waals surface area contributed by atoms with Crippen molar-refractivity contribution in [2.24, 2.45) is 11.8 Å². The first-order chi connectivity index (χ1) is 9.91. The van der Waals surface area contributed by atoms with E-state index in [-0.39, 0.29) is 19.7 Å². The Morgan fingerprint density at radius 3 is 2.52 bits per heavy atom. The monoisotopic (exact) mass is 301 g/mol. The van der Waals surface area contributed by atoms with Crippen molar-refractivity contribution in [3.8, 4) is 0 Å². The predicted octanol–water partition coefficient (Wildman–Crippen LogP) is 2.86. The van der Waals surface area contributed by atoms with E-state index >= 15 is 0 Å². The maximum atomic E-state index is 13.1. The number of alkyl halides is 3. The predicted molar refractivity (Wildman–Crippen MR) is 71.4 cm³/mol. The number of carbonyl (C=O) groups is 1. The third kappa shape index (κ3) is 3.97. The molecule has 1 aliphatic rings. The van der Waals surface area contributed by atoms with Crippen LogP contribution in [0.1, 0.15) is 12.5 Å². The van der Waals surface area contributed by atoms with Gasteiger partial charge in [-0.05, 0) is 12.5 Å². The van der Waals surface area contributed by atoms with Crippen molar-refractivity contribution in [3.63, 3.8) is 0 Å². The molecule has 1 aromatic rings. The molecule has 0 aromatic heterocycles. The molecule has 2 rings (SSSR count). The minimum atomic E-state index is -4.39. The van der Waals surface area contributed by atoms with E-state index in [2.05, 4.69) is 0 Å². The Hall–Kier alpha value is -1.56. The molecule has 3 nitrogen and oxygen atoms in total. The molecule has 116 valence electrons. The highest BCUT2D eigenvalue weighted by Gasteiger charge is 2.52. The van der Waals surface area contributed by atoms with Gasteiger partial charge in [0.2, 0.25) is 0 Å². The fourth-order valence-corrected chi connectivity index (χ4v) is 2.68. The Morgan fingerprint density at radius 1 is 1.29 bits per heavy atom. The van der Waals surface area contributed by atoms with Gasteiger partial charge in [0, 0.05) is 19.6 Å². The molecular weight excluding hydrogens is 283 g/mol. The molecule has 6 heteroatoms. The minimum Gasteiger partial charge on any atom is -0.466 e. The summed E-state index contributed by atoms with van der Waals surface area (Å²) < 4.78 is 44.1.